The minimum Gasteiger partial charge on any atom is -0.459 e. The van der Waals surface area contributed by atoms with Crippen molar-refractivity contribution in [2.75, 3.05) is 0 Å². The lowest BCUT2D eigenvalue weighted by molar-refractivity contribution is 0.520. The zero-order valence-corrected chi connectivity index (χ0v) is 12.5. The van der Waals surface area contributed by atoms with Crippen LogP contribution >= 0.6 is 11.6 Å². The van der Waals surface area contributed by atoms with Crippen LogP contribution in [0.4, 0.5) is 4.39 Å². The maximum Gasteiger partial charge on any atom is 0.134 e. The standard InChI is InChI=1S/C17H15ClFNO/c1-9-3-6-15-13(7-9)10(2)17(21-15)16(20)12-5-4-11(19)8-14(12)18/h3-8,16H,20H2,1-2H3. The lowest BCUT2D eigenvalue weighted by atomic mass is 10.0. The van der Waals surface area contributed by atoms with Crippen LogP contribution in [-0.2, 0) is 0 Å². The molecule has 3 aromatic rings. The van der Waals surface area contributed by atoms with Gasteiger partial charge < -0.3 is 10.2 Å². The molecule has 1 unspecified atom stereocenters. The van der Waals surface area contributed by atoms with Crippen molar-refractivity contribution in [1.82, 2.24) is 0 Å². The molecule has 2 N–H and O–H groups in total. The molecule has 1 heterocycles. The van der Waals surface area contributed by atoms with Crippen molar-refractivity contribution in [3.05, 3.63) is 69.7 Å². The van der Waals surface area contributed by atoms with E-state index in [4.69, 9.17) is 21.8 Å². The number of hydrogen-bond acceptors (Lipinski definition) is 2. The van der Waals surface area contributed by atoms with E-state index in [1.54, 1.807) is 6.07 Å². The summed E-state index contributed by atoms with van der Waals surface area (Å²) in [6.07, 6.45) is 0. The van der Waals surface area contributed by atoms with Crippen LogP contribution in [0.2, 0.25) is 5.02 Å². The highest BCUT2D eigenvalue weighted by molar-refractivity contribution is 6.31. The zero-order valence-electron chi connectivity index (χ0n) is 11.8. The maximum atomic E-state index is 13.2. The van der Waals surface area contributed by atoms with E-state index in [0.29, 0.717) is 16.3 Å². The molecule has 1 atom stereocenters. The van der Waals surface area contributed by atoms with E-state index in [-0.39, 0.29) is 5.82 Å². The minimum atomic E-state index is -0.522. The fourth-order valence-corrected chi connectivity index (χ4v) is 2.83. The first-order chi connectivity index (χ1) is 9.97. The topological polar surface area (TPSA) is 39.2 Å². The molecule has 3 rings (SSSR count). The van der Waals surface area contributed by atoms with Gasteiger partial charge in [-0.3, -0.25) is 0 Å². The fourth-order valence-electron chi connectivity index (χ4n) is 2.55. The molecule has 4 heteroatoms. The van der Waals surface area contributed by atoms with Crippen molar-refractivity contribution in [1.29, 1.82) is 0 Å². The first kappa shape index (κ1) is 14.1. The molecule has 0 saturated heterocycles. The molecular weight excluding hydrogens is 289 g/mol. The molecular formula is C17H15ClFNO. The average Bonchev–Trinajstić information content (AvgIpc) is 2.75. The van der Waals surface area contributed by atoms with Gasteiger partial charge >= 0.3 is 0 Å². The second kappa shape index (κ2) is 5.17. The fraction of sp³-hybridized carbons (Fsp3) is 0.176. The summed E-state index contributed by atoms with van der Waals surface area (Å²) in [5, 5.41) is 1.34. The molecule has 0 aliphatic rings. The molecule has 0 fully saturated rings. The van der Waals surface area contributed by atoms with Gasteiger partial charge in [0.2, 0.25) is 0 Å². The molecule has 2 nitrogen and oxygen atoms in total. The van der Waals surface area contributed by atoms with Gasteiger partial charge in [0.15, 0.2) is 0 Å². The van der Waals surface area contributed by atoms with Crippen molar-refractivity contribution >= 4 is 22.6 Å². The Morgan fingerprint density at radius 1 is 1.14 bits per heavy atom. The number of furan rings is 1. The van der Waals surface area contributed by atoms with E-state index in [0.717, 1.165) is 22.1 Å². The number of halogens is 2. The van der Waals surface area contributed by atoms with Crippen LogP contribution in [0.3, 0.4) is 0 Å². The molecule has 0 amide bonds. The van der Waals surface area contributed by atoms with Gasteiger partial charge in [0, 0.05) is 16.0 Å². The van der Waals surface area contributed by atoms with Crippen LogP contribution in [0, 0.1) is 19.7 Å². The number of aryl methyl sites for hydroxylation is 2. The first-order valence-electron chi connectivity index (χ1n) is 6.67. The van der Waals surface area contributed by atoms with E-state index in [2.05, 4.69) is 6.07 Å². The van der Waals surface area contributed by atoms with Crippen molar-refractivity contribution < 1.29 is 8.81 Å². The van der Waals surface area contributed by atoms with Gasteiger partial charge in [-0.05, 0) is 43.7 Å². The van der Waals surface area contributed by atoms with E-state index < -0.39 is 6.04 Å². The van der Waals surface area contributed by atoms with Crippen LogP contribution in [0.15, 0.2) is 40.8 Å². The Morgan fingerprint density at radius 3 is 2.62 bits per heavy atom. The minimum absolute atomic E-state index is 0.304. The normalized spacial score (nSPS) is 12.8. The van der Waals surface area contributed by atoms with Gasteiger partial charge in [0.25, 0.3) is 0 Å². The van der Waals surface area contributed by atoms with E-state index >= 15 is 0 Å². The monoisotopic (exact) mass is 303 g/mol. The Hall–Kier alpha value is -1.84. The third-order valence-corrected chi connectivity index (χ3v) is 4.04. The Bertz CT molecular complexity index is 825. The van der Waals surface area contributed by atoms with Gasteiger partial charge in [-0.2, -0.15) is 0 Å². The summed E-state index contributed by atoms with van der Waals surface area (Å²) in [6.45, 7) is 4.00. The second-order valence-corrected chi connectivity index (χ2v) is 5.64. The first-order valence-corrected chi connectivity index (χ1v) is 7.05. The van der Waals surface area contributed by atoms with Crippen molar-refractivity contribution in [2.24, 2.45) is 5.73 Å². The molecule has 1 aromatic heterocycles. The number of benzene rings is 2. The summed E-state index contributed by atoms with van der Waals surface area (Å²) in [4.78, 5) is 0. The van der Waals surface area contributed by atoms with Crippen molar-refractivity contribution in [3.63, 3.8) is 0 Å². The van der Waals surface area contributed by atoms with Crippen LogP contribution in [0.1, 0.15) is 28.5 Å². The highest BCUT2D eigenvalue weighted by Crippen LogP contribution is 2.34. The van der Waals surface area contributed by atoms with Gasteiger partial charge in [0.05, 0.1) is 6.04 Å². The predicted octanol–water partition coefficient (Wildman–Crippen LogP) is 4.89. The van der Waals surface area contributed by atoms with Gasteiger partial charge in [-0.25, -0.2) is 4.39 Å². The maximum absolute atomic E-state index is 13.2. The van der Waals surface area contributed by atoms with E-state index in [1.165, 1.54) is 12.1 Å². The third kappa shape index (κ3) is 2.43. The average molecular weight is 304 g/mol. The lowest BCUT2D eigenvalue weighted by Crippen LogP contribution is -2.12. The largest absolute Gasteiger partial charge is 0.459 e. The highest BCUT2D eigenvalue weighted by atomic mass is 35.5. The van der Waals surface area contributed by atoms with Gasteiger partial charge in [-0.1, -0.05) is 29.3 Å². The molecule has 2 aromatic carbocycles. The molecule has 0 radical (unpaired) electrons. The summed E-state index contributed by atoms with van der Waals surface area (Å²) in [7, 11) is 0. The summed E-state index contributed by atoms with van der Waals surface area (Å²) < 4.78 is 19.0. The van der Waals surface area contributed by atoms with Crippen LogP contribution in [-0.4, -0.2) is 0 Å². The Labute approximate surface area is 127 Å². The molecule has 108 valence electrons. The van der Waals surface area contributed by atoms with Crippen molar-refractivity contribution in [3.8, 4) is 0 Å². The SMILES string of the molecule is Cc1ccc2oc(C(N)c3ccc(F)cc3Cl)c(C)c2c1. The van der Waals surface area contributed by atoms with Gasteiger partial charge in [-0.15, -0.1) is 0 Å². The number of fused-ring (bicyclic) bond motifs is 1. The smallest absolute Gasteiger partial charge is 0.134 e. The van der Waals surface area contributed by atoms with E-state index in [1.807, 2.05) is 26.0 Å². The number of hydrogen-bond donors (Lipinski definition) is 1. The summed E-state index contributed by atoms with van der Waals surface area (Å²) in [5.41, 5.74) is 9.86. The zero-order chi connectivity index (χ0) is 15.1. The predicted molar refractivity (Wildman–Crippen MR) is 83.1 cm³/mol. The number of nitrogens with two attached hydrogens (primary N) is 1. The molecule has 0 bridgehead atoms. The van der Waals surface area contributed by atoms with Crippen LogP contribution < -0.4 is 5.73 Å². The Balaban J connectivity index is 2.13. The quantitative estimate of drug-likeness (QED) is 0.732. The molecule has 0 spiro atoms. The number of rotatable bonds is 2. The van der Waals surface area contributed by atoms with Gasteiger partial charge in [0.1, 0.15) is 17.2 Å². The lowest BCUT2D eigenvalue weighted by Gasteiger charge is -2.12. The summed E-state index contributed by atoms with van der Waals surface area (Å²) >= 11 is 6.09. The summed E-state index contributed by atoms with van der Waals surface area (Å²) in [6, 6.07) is 9.68. The molecule has 0 aliphatic heterocycles. The molecule has 0 aliphatic carbocycles. The highest BCUT2D eigenvalue weighted by Gasteiger charge is 2.21. The molecule has 0 saturated carbocycles. The Kier molecular flexibility index (Phi) is 3.47. The Morgan fingerprint density at radius 2 is 1.90 bits per heavy atom. The van der Waals surface area contributed by atoms with Crippen molar-refractivity contribution in [2.45, 2.75) is 19.9 Å². The molecule has 21 heavy (non-hydrogen) atoms. The summed E-state index contributed by atoms with van der Waals surface area (Å²) in [5.74, 6) is 0.275. The van der Waals surface area contributed by atoms with Crippen LogP contribution in [0.5, 0.6) is 0 Å². The van der Waals surface area contributed by atoms with E-state index in [9.17, 15) is 4.39 Å². The van der Waals surface area contributed by atoms with Crippen LogP contribution in [0.25, 0.3) is 11.0 Å². The second-order valence-electron chi connectivity index (χ2n) is 5.23. The third-order valence-electron chi connectivity index (χ3n) is 3.71.